The largest absolute Gasteiger partial charge is 0.490 e. The average molecular weight is 249 g/mol. The standard InChI is InChI=1S/C6H5N3O.C2HF3O2/c7-6-8-3-5-4(9-6)1-2-10-5;3-2(4,5)1(6)7/h1-3H,(H2,7,8,9);(H,6,7). The highest BCUT2D eigenvalue weighted by atomic mass is 19.4. The lowest BCUT2D eigenvalue weighted by molar-refractivity contribution is -0.192. The predicted octanol–water partition coefficient (Wildman–Crippen LogP) is 1.44. The van der Waals surface area contributed by atoms with Crippen molar-refractivity contribution in [1.29, 1.82) is 0 Å². The number of nitrogens with two attached hydrogens (primary N) is 1. The molecule has 2 rings (SSSR count). The monoisotopic (exact) mass is 249 g/mol. The first kappa shape index (κ1) is 12.7. The molecule has 17 heavy (non-hydrogen) atoms. The molecule has 0 amide bonds. The molecule has 0 fully saturated rings. The van der Waals surface area contributed by atoms with Crippen molar-refractivity contribution < 1.29 is 27.5 Å². The molecule has 0 aliphatic carbocycles. The van der Waals surface area contributed by atoms with Gasteiger partial charge in [-0.2, -0.15) is 13.2 Å². The number of nitrogen functional groups attached to an aromatic ring is 1. The van der Waals surface area contributed by atoms with Crippen LogP contribution in [-0.4, -0.2) is 27.2 Å². The third kappa shape index (κ3) is 3.63. The summed E-state index contributed by atoms with van der Waals surface area (Å²) in [6, 6.07) is 1.74. The van der Waals surface area contributed by atoms with E-state index in [0.29, 0.717) is 5.58 Å². The molecule has 3 N–H and O–H groups in total. The van der Waals surface area contributed by atoms with Crippen molar-refractivity contribution in [3.8, 4) is 0 Å². The van der Waals surface area contributed by atoms with Crippen molar-refractivity contribution in [2.24, 2.45) is 0 Å². The number of rotatable bonds is 0. The molecule has 0 radical (unpaired) electrons. The molecule has 2 aromatic heterocycles. The Balaban J connectivity index is 0.000000185. The number of hydrogen-bond acceptors (Lipinski definition) is 5. The molecule has 6 nitrogen and oxygen atoms in total. The molecule has 0 bridgehead atoms. The topological polar surface area (TPSA) is 102 Å². The average Bonchev–Trinajstić information content (AvgIpc) is 2.63. The molecule has 9 heteroatoms. The first-order valence-electron chi connectivity index (χ1n) is 4.06. The van der Waals surface area contributed by atoms with E-state index in [1.54, 1.807) is 18.5 Å². The van der Waals surface area contributed by atoms with E-state index in [-0.39, 0.29) is 5.95 Å². The van der Waals surface area contributed by atoms with Crippen LogP contribution in [0.5, 0.6) is 0 Å². The van der Waals surface area contributed by atoms with Gasteiger partial charge in [0.05, 0.1) is 12.5 Å². The Hall–Kier alpha value is -2.32. The van der Waals surface area contributed by atoms with Gasteiger partial charge in [0.1, 0.15) is 5.52 Å². The van der Waals surface area contributed by atoms with Gasteiger partial charge in [-0.25, -0.2) is 14.8 Å². The number of aromatic nitrogens is 2. The number of anilines is 1. The number of furan rings is 1. The highest BCUT2D eigenvalue weighted by Crippen LogP contribution is 2.13. The molecule has 0 atom stereocenters. The van der Waals surface area contributed by atoms with Crippen LogP contribution in [0.4, 0.5) is 19.1 Å². The van der Waals surface area contributed by atoms with E-state index in [1.807, 2.05) is 0 Å². The quantitative estimate of drug-likeness (QED) is 0.732. The number of carbonyl (C=O) groups is 1. The lowest BCUT2D eigenvalue weighted by atomic mass is 10.5. The highest BCUT2D eigenvalue weighted by Gasteiger charge is 2.38. The second-order valence-corrected chi connectivity index (χ2v) is 2.70. The molecule has 0 saturated carbocycles. The minimum Gasteiger partial charge on any atom is -0.475 e. The smallest absolute Gasteiger partial charge is 0.475 e. The van der Waals surface area contributed by atoms with E-state index in [9.17, 15) is 13.2 Å². The lowest BCUT2D eigenvalue weighted by Gasteiger charge is -1.93. The predicted molar refractivity (Wildman–Crippen MR) is 49.9 cm³/mol. The van der Waals surface area contributed by atoms with Gasteiger partial charge in [-0.05, 0) is 0 Å². The summed E-state index contributed by atoms with van der Waals surface area (Å²) in [5.74, 6) is -2.48. The Labute approximate surface area is 91.9 Å². The number of halogens is 3. The van der Waals surface area contributed by atoms with Gasteiger partial charge in [0.2, 0.25) is 5.95 Å². The minimum absolute atomic E-state index is 0.272. The molecule has 2 heterocycles. The first-order valence-corrected chi connectivity index (χ1v) is 4.06. The maximum atomic E-state index is 10.6. The summed E-state index contributed by atoms with van der Waals surface area (Å²) in [7, 11) is 0. The molecule has 0 spiro atoms. The molecule has 0 saturated heterocycles. The van der Waals surface area contributed by atoms with Gasteiger partial charge in [-0.1, -0.05) is 0 Å². The maximum Gasteiger partial charge on any atom is 0.490 e. The SMILES string of the molecule is Nc1ncc2occc2n1.O=C(O)C(F)(F)F. The van der Waals surface area contributed by atoms with Gasteiger partial charge >= 0.3 is 12.1 Å². The molecule has 0 aromatic carbocycles. The van der Waals surface area contributed by atoms with Gasteiger partial charge in [0.15, 0.2) is 5.58 Å². The van der Waals surface area contributed by atoms with Crippen molar-refractivity contribution in [3.05, 3.63) is 18.5 Å². The third-order valence-corrected chi connectivity index (χ3v) is 1.46. The molecule has 92 valence electrons. The van der Waals surface area contributed by atoms with Crippen molar-refractivity contribution in [2.45, 2.75) is 6.18 Å². The fourth-order valence-corrected chi connectivity index (χ4v) is 0.780. The normalized spacial score (nSPS) is 10.8. The summed E-state index contributed by atoms with van der Waals surface area (Å²) in [4.78, 5) is 16.6. The number of hydrogen-bond donors (Lipinski definition) is 2. The Kier molecular flexibility index (Phi) is 3.51. The van der Waals surface area contributed by atoms with Crippen LogP contribution >= 0.6 is 0 Å². The zero-order valence-electron chi connectivity index (χ0n) is 8.10. The van der Waals surface area contributed by atoms with Gasteiger partial charge in [0.25, 0.3) is 0 Å². The second-order valence-electron chi connectivity index (χ2n) is 2.70. The number of nitrogens with zero attached hydrogens (tertiary/aromatic N) is 2. The number of fused-ring (bicyclic) bond motifs is 1. The van der Waals surface area contributed by atoms with Gasteiger partial charge in [-0.3, -0.25) is 0 Å². The van der Waals surface area contributed by atoms with Crippen molar-refractivity contribution >= 4 is 23.0 Å². The Morgan fingerprint density at radius 2 is 2.06 bits per heavy atom. The van der Waals surface area contributed by atoms with Crippen molar-refractivity contribution in [2.75, 3.05) is 5.73 Å². The van der Waals surface area contributed by atoms with Crippen molar-refractivity contribution in [1.82, 2.24) is 9.97 Å². The minimum atomic E-state index is -5.08. The van der Waals surface area contributed by atoms with Gasteiger partial charge in [0, 0.05) is 6.07 Å². The Morgan fingerprint density at radius 1 is 1.47 bits per heavy atom. The summed E-state index contributed by atoms with van der Waals surface area (Å²) in [6.45, 7) is 0. The second kappa shape index (κ2) is 4.68. The van der Waals surface area contributed by atoms with Crippen LogP contribution in [0.3, 0.4) is 0 Å². The van der Waals surface area contributed by atoms with Crippen LogP contribution in [0.2, 0.25) is 0 Å². The number of alkyl halides is 3. The lowest BCUT2D eigenvalue weighted by Crippen LogP contribution is -2.21. The van der Waals surface area contributed by atoms with Crippen LogP contribution < -0.4 is 5.73 Å². The zero-order valence-corrected chi connectivity index (χ0v) is 8.10. The summed E-state index contributed by atoms with van der Waals surface area (Å²) in [6.07, 6.45) is -1.98. The van der Waals surface area contributed by atoms with E-state index >= 15 is 0 Å². The molecule has 0 aliphatic rings. The van der Waals surface area contributed by atoms with Crippen LogP contribution in [0.1, 0.15) is 0 Å². The van der Waals surface area contributed by atoms with Gasteiger partial charge in [-0.15, -0.1) is 0 Å². The summed E-state index contributed by atoms with van der Waals surface area (Å²) in [5.41, 5.74) is 6.72. The van der Waals surface area contributed by atoms with E-state index in [2.05, 4.69) is 9.97 Å². The van der Waals surface area contributed by atoms with Gasteiger partial charge < -0.3 is 15.3 Å². The molecular formula is C8H6F3N3O3. The molecular weight excluding hydrogens is 243 g/mol. The Morgan fingerprint density at radius 3 is 2.59 bits per heavy atom. The summed E-state index contributed by atoms with van der Waals surface area (Å²) >= 11 is 0. The fraction of sp³-hybridized carbons (Fsp3) is 0.125. The zero-order chi connectivity index (χ0) is 13.1. The number of carboxylic acid groups (broad SMARTS) is 1. The summed E-state index contributed by atoms with van der Waals surface area (Å²) in [5, 5.41) is 7.12. The van der Waals surface area contributed by atoms with E-state index < -0.39 is 12.1 Å². The van der Waals surface area contributed by atoms with Crippen LogP contribution in [0, 0.1) is 0 Å². The highest BCUT2D eigenvalue weighted by molar-refractivity contribution is 5.73. The summed E-state index contributed by atoms with van der Waals surface area (Å²) < 4.78 is 36.7. The Bertz CT molecular complexity index is 523. The van der Waals surface area contributed by atoms with E-state index in [1.165, 1.54) is 0 Å². The molecule has 2 aromatic rings. The van der Waals surface area contributed by atoms with E-state index in [0.717, 1.165) is 5.52 Å². The maximum absolute atomic E-state index is 10.6. The van der Waals surface area contributed by atoms with Crippen LogP contribution in [0.25, 0.3) is 11.1 Å². The molecule has 0 unspecified atom stereocenters. The number of carboxylic acids is 1. The van der Waals surface area contributed by atoms with E-state index in [4.69, 9.17) is 20.1 Å². The van der Waals surface area contributed by atoms with Crippen LogP contribution in [0.15, 0.2) is 22.9 Å². The number of aliphatic carboxylic acids is 1. The third-order valence-electron chi connectivity index (χ3n) is 1.46. The van der Waals surface area contributed by atoms with Crippen molar-refractivity contribution in [3.63, 3.8) is 0 Å². The first-order chi connectivity index (χ1) is 7.80. The van der Waals surface area contributed by atoms with Crippen LogP contribution in [-0.2, 0) is 4.79 Å². The fourth-order valence-electron chi connectivity index (χ4n) is 0.780. The molecule has 0 aliphatic heterocycles.